The number of carbonyl (C=O) groups is 4. The number of imidazole rings is 1. The van der Waals surface area contributed by atoms with Gasteiger partial charge in [0.2, 0.25) is 11.7 Å². The largest absolute Gasteiger partial charge is 0.554 e. The molecule has 1 aromatic heterocycles. The van der Waals surface area contributed by atoms with Gasteiger partial charge in [0.25, 0.3) is 11.8 Å². The molecule has 0 bridgehead atoms. The fraction of sp³-hybridized carbons (Fsp3) is 0.394. The Morgan fingerprint density at radius 1 is 1.16 bits per heavy atom. The maximum absolute atomic E-state index is 14.8. The SMILES string of the molecule is Cn1c(-c2ccc(OCC#N)c(F)c2F)cnc1C(=O)Nc1ccc(C(=O)N2CCC(C(=O)NC3CC[N+](C)(C)C3)CC2)c(Cl)c1.O=C[O-]. The van der Waals surface area contributed by atoms with Gasteiger partial charge in [0.05, 0.1) is 55.7 Å². The third-order valence-corrected chi connectivity index (χ3v) is 8.87. The van der Waals surface area contributed by atoms with Crippen LogP contribution >= 0.6 is 11.6 Å². The third kappa shape index (κ3) is 8.70. The lowest BCUT2D eigenvalue weighted by molar-refractivity contribution is -0.878. The Kier molecular flexibility index (Phi) is 11.9. The van der Waals surface area contributed by atoms with E-state index in [1.54, 1.807) is 11.0 Å². The molecule has 3 heterocycles. The van der Waals surface area contributed by atoms with Crippen molar-refractivity contribution in [2.75, 3.05) is 52.2 Å². The Hall–Kier alpha value is -5.07. The molecule has 0 aliphatic carbocycles. The van der Waals surface area contributed by atoms with Gasteiger partial charge in [-0.1, -0.05) is 11.6 Å². The highest BCUT2D eigenvalue weighted by Crippen LogP contribution is 2.31. The quantitative estimate of drug-likeness (QED) is 0.267. The standard InChI is InChI=1S/C32H34ClF2N7O4.CH2O2/c1-40-25(23-6-7-26(46-15-11-36)28(35)27(23)34)17-37-29(40)31(44)38-20-4-5-22(24(33)16-20)32(45)41-12-8-19(9-13-41)30(43)39-21-10-14-42(2,3)18-21;2-1-3/h4-7,16-17,19,21H,8-10,12-15,18H2,1-3H3,(H-,38,39,43,44,45);1H,(H,2,3). The van der Waals surface area contributed by atoms with Crippen molar-refractivity contribution < 1.29 is 42.3 Å². The summed E-state index contributed by atoms with van der Waals surface area (Å²) < 4.78 is 36.4. The van der Waals surface area contributed by atoms with Crippen LogP contribution in [0.2, 0.25) is 5.02 Å². The number of piperidine rings is 1. The Balaban J connectivity index is 0.00000174. The molecular weight excluding hydrogens is 664 g/mol. The molecule has 0 spiro atoms. The normalized spacial score (nSPS) is 16.9. The summed E-state index contributed by atoms with van der Waals surface area (Å²) >= 11 is 6.47. The van der Waals surface area contributed by atoms with E-state index in [-0.39, 0.29) is 51.4 Å². The molecule has 2 aliphatic rings. The number of nitriles is 1. The van der Waals surface area contributed by atoms with Crippen LogP contribution in [-0.2, 0) is 16.6 Å². The molecule has 1 unspecified atom stereocenters. The number of carbonyl (C=O) groups excluding carboxylic acids is 4. The van der Waals surface area contributed by atoms with Crippen LogP contribution in [0.1, 0.15) is 40.2 Å². The second kappa shape index (κ2) is 15.9. The fourth-order valence-corrected chi connectivity index (χ4v) is 6.27. The summed E-state index contributed by atoms with van der Waals surface area (Å²) in [4.78, 5) is 53.1. The number of benzene rings is 2. The van der Waals surface area contributed by atoms with Crippen molar-refractivity contribution in [2.45, 2.75) is 25.3 Å². The average Bonchev–Trinajstić information content (AvgIpc) is 3.62. The van der Waals surface area contributed by atoms with Crippen LogP contribution in [0.3, 0.4) is 0 Å². The summed E-state index contributed by atoms with van der Waals surface area (Å²) in [6, 6.07) is 8.85. The molecule has 2 aliphatic heterocycles. The first-order valence-electron chi connectivity index (χ1n) is 15.4. The number of halogens is 3. The van der Waals surface area contributed by atoms with Crippen LogP contribution in [0.5, 0.6) is 5.75 Å². The van der Waals surface area contributed by atoms with Gasteiger partial charge >= 0.3 is 0 Å². The second-order valence-corrected chi connectivity index (χ2v) is 12.8. The first kappa shape index (κ1) is 36.8. The van der Waals surface area contributed by atoms with Crippen molar-refractivity contribution >= 4 is 41.5 Å². The zero-order valence-electron chi connectivity index (χ0n) is 27.2. The summed E-state index contributed by atoms with van der Waals surface area (Å²) in [5.41, 5.74) is 0.558. The Bertz CT molecular complexity index is 1770. The van der Waals surface area contributed by atoms with Gasteiger partial charge in [-0.3, -0.25) is 14.4 Å². The number of quaternary nitrogens is 1. The van der Waals surface area contributed by atoms with Crippen LogP contribution in [0, 0.1) is 28.9 Å². The highest BCUT2D eigenvalue weighted by atomic mass is 35.5. The zero-order valence-corrected chi connectivity index (χ0v) is 27.9. The Morgan fingerprint density at radius 2 is 1.86 bits per heavy atom. The van der Waals surface area contributed by atoms with Crippen LogP contribution in [0.25, 0.3) is 11.3 Å². The first-order valence-corrected chi connectivity index (χ1v) is 15.8. The summed E-state index contributed by atoms with van der Waals surface area (Å²) in [5, 5.41) is 22.9. The number of anilines is 1. The van der Waals surface area contributed by atoms with E-state index in [0.29, 0.717) is 31.6 Å². The molecule has 3 aromatic rings. The smallest absolute Gasteiger partial charge is 0.291 e. The van der Waals surface area contributed by atoms with Crippen LogP contribution in [0.4, 0.5) is 14.5 Å². The van der Waals surface area contributed by atoms with E-state index in [2.05, 4.69) is 29.7 Å². The van der Waals surface area contributed by atoms with E-state index in [9.17, 15) is 23.2 Å². The third-order valence-electron chi connectivity index (χ3n) is 8.56. The lowest BCUT2D eigenvalue weighted by atomic mass is 9.95. The summed E-state index contributed by atoms with van der Waals surface area (Å²) in [5.74, 6) is -3.95. The van der Waals surface area contributed by atoms with Crippen molar-refractivity contribution in [3.8, 4) is 23.1 Å². The second-order valence-electron chi connectivity index (χ2n) is 12.4. The number of rotatable bonds is 8. The fourth-order valence-electron chi connectivity index (χ4n) is 6.01. The van der Waals surface area contributed by atoms with Gasteiger partial charge in [-0.2, -0.15) is 9.65 Å². The molecule has 1 atom stereocenters. The van der Waals surface area contributed by atoms with Crippen molar-refractivity contribution in [3.05, 3.63) is 64.6 Å². The van der Waals surface area contributed by atoms with E-state index in [1.165, 1.54) is 48.1 Å². The van der Waals surface area contributed by atoms with Crippen molar-refractivity contribution in [1.29, 1.82) is 5.26 Å². The molecule has 0 radical (unpaired) electrons. The summed E-state index contributed by atoms with van der Waals surface area (Å²) in [6.07, 6.45) is 3.33. The molecule has 2 N–H and O–H groups in total. The summed E-state index contributed by atoms with van der Waals surface area (Å²) in [7, 11) is 5.79. The zero-order chi connectivity index (χ0) is 35.9. The van der Waals surface area contributed by atoms with Crippen molar-refractivity contribution in [1.82, 2.24) is 19.8 Å². The predicted octanol–water partition coefficient (Wildman–Crippen LogP) is 2.36. The van der Waals surface area contributed by atoms with Crippen molar-refractivity contribution in [3.63, 3.8) is 0 Å². The molecule has 49 heavy (non-hydrogen) atoms. The molecule has 2 saturated heterocycles. The topological polar surface area (TPSA) is 169 Å². The van der Waals surface area contributed by atoms with Gasteiger partial charge < -0.3 is 39.2 Å². The minimum atomic E-state index is -1.26. The maximum Gasteiger partial charge on any atom is 0.291 e. The lowest BCUT2D eigenvalue weighted by Gasteiger charge is -2.32. The van der Waals surface area contributed by atoms with Crippen LogP contribution < -0.4 is 20.5 Å². The van der Waals surface area contributed by atoms with Gasteiger partial charge in [-0.15, -0.1) is 0 Å². The molecule has 13 nitrogen and oxygen atoms in total. The molecule has 3 amide bonds. The number of amides is 3. The molecule has 260 valence electrons. The van der Waals surface area contributed by atoms with Crippen molar-refractivity contribution in [2.24, 2.45) is 13.0 Å². The van der Waals surface area contributed by atoms with Gasteiger partial charge in [-0.05, 0) is 43.2 Å². The van der Waals surface area contributed by atoms with E-state index in [1.807, 2.05) is 0 Å². The predicted molar refractivity (Wildman–Crippen MR) is 172 cm³/mol. The Labute approximate surface area is 286 Å². The monoisotopic (exact) mass is 699 g/mol. The minimum absolute atomic E-state index is 0.0498. The van der Waals surface area contributed by atoms with Crippen LogP contribution in [0.15, 0.2) is 36.5 Å². The maximum atomic E-state index is 14.8. The molecule has 16 heteroatoms. The van der Waals surface area contributed by atoms with Gasteiger partial charge in [0.1, 0.15) is 6.07 Å². The number of hydrogen-bond acceptors (Lipinski definition) is 8. The van der Waals surface area contributed by atoms with E-state index < -0.39 is 36.4 Å². The number of ether oxygens (including phenoxy) is 1. The molecular formula is C33H36ClF2N7O6. The number of likely N-dealkylation sites (N-methyl/N-ethyl adjacent to an activating group) is 1. The molecule has 0 saturated carbocycles. The molecule has 2 fully saturated rings. The number of nitrogens with zero attached hydrogens (tertiary/aromatic N) is 5. The van der Waals surface area contributed by atoms with E-state index >= 15 is 0 Å². The lowest BCUT2D eigenvalue weighted by Crippen LogP contribution is -2.47. The number of likely N-dealkylation sites (tertiary alicyclic amines) is 2. The van der Waals surface area contributed by atoms with Gasteiger partial charge in [0.15, 0.2) is 24.0 Å². The average molecular weight is 700 g/mol. The highest BCUT2D eigenvalue weighted by Gasteiger charge is 2.35. The van der Waals surface area contributed by atoms with E-state index in [0.717, 1.165) is 24.0 Å². The number of hydrogen-bond donors (Lipinski definition) is 2. The Morgan fingerprint density at radius 3 is 2.47 bits per heavy atom. The highest BCUT2D eigenvalue weighted by molar-refractivity contribution is 6.34. The summed E-state index contributed by atoms with van der Waals surface area (Å²) in [6.45, 7) is 1.87. The minimum Gasteiger partial charge on any atom is -0.554 e. The van der Waals surface area contributed by atoms with Gasteiger partial charge in [-0.25, -0.2) is 9.37 Å². The number of nitrogens with one attached hydrogen (secondary N) is 2. The molecule has 5 rings (SSSR count). The van der Waals surface area contributed by atoms with Gasteiger partial charge in [0, 0.05) is 50.2 Å². The van der Waals surface area contributed by atoms with E-state index in [4.69, 9.17) is 31.5 Å². The molecule has 2 aromatic carbocycles. The first-order chi connectivity index (χ1) is 23.3. The van der Waals surface area contributed by atoms with Crippen LogP contribution in [-0.4, -0.2) is 96.1 Å². The number of aromatic nitrogens is 2. The number of carboxylic acid groups (broad SMARTS) is 1.